The molecule has 1 aromatic rings. The fourth-order valence-corrected chi connectivity index (χ4v) is 2.70. The molecule has 0 spiro atoms. The zero-order chi connectivity index (χ0) is 15.2. The van der Waals surface area contributed by atoms with E-state index < -0.39 is 20.2 Å². The first-order valence-electron chi connectivity index (χ1n) is 6.04. The molecule has 0 amide bonds. The minimum atomic E-state index is -3.92. The molecule has 20 heavy (non-hydrogen) atoms. The van der Waals surface area contributed by atoms with Crippen molar-refractivity contribution >= 4 is 20.2 Å². The van der Waals surface area contributed by atoms with Gasteiger partial charge in [0.2, 0.25) is 0 Å². The summed E-state index contributed by atoms with van der Waals surface area (Å²) in [6.45, 7) is 0.463. The van der Waals surface area contributed by atoms with Gasteiger partial charge in [-0.2, -0.15) is 16.8 Å². The van der Waals surface area contributed by atoms with Crippen molar-refractivity contribution in [1.82, 2.24) is 0 Å². The second-order valence-electron chi connectivity index (χ2n) is 4.47. The zero-order valence-electron chi connectivity index (χ0n) is 10.8. The third kappa shape index (κ3) is 8.20. The van der Waals surface area contributed by atoms with Gasteiger partial charge in [-0.05, 0) is 18.4 Å². The topological polar surface area (TPSA) is 113 Å². The summed E-state index contributed by atoms with van der Waals surface area (Å²) >= 11 is 0. The number of hydrogen-bond donors (Lipinski definition) is 2. The lowest BCUT2D eigenvalue weighted by molar-refractivity contribution is -0.696. The first-order chi connectivity index (χ1) is 9.16. The van der Waals surface area contributed by atoms with Crippen LogP contribution >= 0.6 is 0 Å². The Morgan fingerprint density at radius 2 is 1.40 bits per heavy atom. The lowest BCUT2D eigenvalue weighted by Gasteiger charge is -2.00. The standard InChI is InChI=1S/C11H17NO6S2/c13-19(14,15)9-1-3-11-4-7-12(8-5-11)6-2-10-20(16,17)18/h4-5,7-8H,1-3,6,9-10H2,(H-,13,14,15,16,17,18)/p+1. The van der Waals surface area contributed by atoms with Gasteiger partial charge in [-0.1, -0.05) is 0 Å². The molecule has 0 aliphatic rings. The molecule has 7 nitrogen and oxygen atoms in total. The highest BCUT2D eigenvalue weighted by Gasteiger charge is 2.08. The van der Waals surface area contributed by atoms with Crippen molar-refractivity contribution in [1.29, 1.82) is 0 Å². The molecule has 0 aliphatic carbocycles. The van der Waals surface area contributed by atoms with E-state index in [4.69, 9.17) is 9.11 Å². The van der Waals surface area contributed by atoms with Gasteiger partial charge in [-0.15, -0.1) is 0 Å². The molecule has 0 aliphatic heterocycles. The van der Waals surface area contributed by atoms with Crippen LogP contribution in [0.25, 0.3) is 0 Å². The molecule has 1 aromatic heterocycles. The first-order valence-corrected chi connectivity index (χ1v) is 9.26. The van der Waals surface area contributed by atoms with E-state index in [0.717, 1.165) is 5.56 Å². The Bertz CT molecular complexity index is 564. The van der Waals surface area contributed by atoms with E-state index in [1.807, 2.05) is 0 Å². The van der Waals surface area contributed by atoms with Gasteiger partial charge in [-0.3, -0.25) is 9.11 Å². The number of hydrogen-bond acceptors (Lipinski definition) is 4. The van der Waals surface area contributed by atoms with Gasteiger partial charge in [0.25, 0.3) is 20.2 Å². The van der Waals surface area contributed by atoms with E-state index in [-0.39, 0.29) is 11.5 Å². The SMILES string of the molecule is O=S(=O)(O)CCCc1cc[n+](CCCS(=O)(=O)O)cc1. The molecule has 1 heterocycles. The van der Waals surface area contributed by atoms with Crippen LogP contribution in [0.3, 0.4) is 0 Å². The Morgan fingerprint density at radius 1 is 0.900 bits per heavy atom. The van der Waals surface area contributed by atoms with E-state index in [2.05, 4.69) is 0 Å². The highest BCUT2D eigenvalue weighted by Crippen LogP contribution is 2.02. The molecule has 0 radical (unpaired) electrons. The van der Waals surface area contributed by atoms with E-state index in [1.54, 1.807) is 29.1 Å². The summed E-state index contributed by atoms with van der Waals surface area (Å²) in [5.41, 5.74) is 0.930. The highest BCUT2D eigenvalue weighted by atomic mass is 32.2. The molecule has 114 valence electrons. The number of pyridine rings is 1. The number of aromatic nitrogens is 1. The van der Waals surface area contributed by atoms with Crippen molar-refractivity contribution < 1.29 is 30.5 Å². The van der Waals surface area contributed by atoms with Crippen LogP contribution in [0, 0.1) is 0 Å². The molecule has 0 unspecified atom stereocenters. The molecule has 0 saturated heterocycles. The van der Waals surface area contributed by atoms with Crippen LogP contribution in [0.1, 0.15) is 18.4 Å². The van der Waals surface area contributed by atoms with E-state index >= 15 is 0 Å². The Balaban J connectivity index is 2.40. The molecule has 0 aromatic carbocycles. The third-order valence-electron chi connectivity index (χ3n) is 2.65. The van der Waals surface area contributed by atoms with Crippen LogP contribution < -0.4 is 4.57 Å². The zero-order valence-corrected chi connectivity index (χ0v) is 12.5. The van der Waals surface area contributed by atoms with Crippen molar-refractivity contribution in [2.45, 2.75) is 25.8 Å². The molecular formula is C11H18NO6S2+. The number of rotatable bonds is 8. The fraction of sp³-hybridized carbons (Fsp3) is 0.545. The van der Waals surface area contributed by atoms with Gasteiger partial charge in [0.1, 0.15) is 6.54 Å². The van der Waals surface area contributed by atoms with E-state index in [0.29, 0.717) is 25.8 Å². The average molecular weight is 324 g/mol. The molecule has 0 saturated carbocycles. The van der Waals surface area contributed by atoms with Crippen molar-refractivity contribution in [2.75, 3.05) is 11.5 Å². The van der Waals surface area contributed by atoms with Crippen LogP contribution in [-0.4, -0.2) is 37.4 Å². The second-order valence-corrected chi connectivity index (χ2v) is 7.62. The normalized spacial score (nSPS) is 12.5. The summed E-state index contributed by atoms with van der Waals surface area (Å²) in [6.07, 6.45) is 4.70. The minimum Gasteiger partial charge on any atom is -0.286 e. The third-order valence-corrected chi connectivity index (χ3v) is 4.26. The van der Waals surface area contributed by atoms with Gasteiger partial charge in [0, 0.05) is 18.6 Å². The molecule has 0 fully saturated rings. The van der Waals surface area contributed by atoms with E-state index in [1.165, 1.54) is 0 Å². The van der Waals surface area contributed by atoms with Crippen LogP contribution in [-0.2, 0) is 33.2 Å². The van der Waals surface area contributed by atoms with Crippen molar-refractivity contribution in [3.8, 4) is 0 Å². The van der Waals surface area contributed by atoms with Crippen LogP contribution in [0.2, 0.25) is 0 Å². The largest absolute Gasteiger partial charge is 0.286 e. The van der Waals surface area contributed by atoms with Crippen LogP contribution in [0.15, 0.2) is 24.5 Å². The summed E-state index contributed by atoms with van der Waals surface area (Å²) < 4.78 is 61.2. The van der Waals surface area contributed by atoms with Crippen molar-refractivity contribution in [3.05, 3.63) is 30.1 Å². The Kier molecular flexibility index (Phi) is 6.06. The molecule has 0 bridgehead atoms. The maximum Gasteiger partial charge on any atom is 0.265 e. The Hall–Kier alpha value is -1.03. The molecule has 0 atom stereocenters. The fourth-order valence-electron chi connectivity index (χ4n) is 1.69. The van der Waals surface area contributed by atoms with Gasteiger partial charge in [0.05, 0.1) is 11.5 Å². The molecule has 9 heteroatoms. The number of nitrogens with zero attached hydrogens (tertiary/aromatic N) is 1. The predicted molar refractivity (Wildman–Crippen MR) is 72.4 cm³/mol. The second kappa shape index (κ2) is 7.11. The lowest BCUT2D eigenvalue weighted by atomic mass is 10.1. The molecule has 1 rings (SSSR count). The van der Waals surface area contributed by atoms with Gasteiger partial charge < -0.3 is 0 Å². The van der Waals surface area contributed by atoms with Crippen molar-refractivity contribution in [2.24, 2.45) is 0 Å². The van der Waals surface area contributed by atoms with Gasteiger partial charge in [-0.25, -0.2) is 4.57 Å². The van der Waals surface area contributed by atoms with Crippen LogP contribution in [0.5, 0.6) is 0 Å². The first kappa shape index (κ1) is 17.0. The Labute approximate surface area is 118 Å². The smallest absolute Gasteiger partial charge is 0.265 e. The van der Waals surface area contributed by atoms with E-state index in [9.17, 15) is 16.8 Å². The van der Waals surface area contributed by atoms with Gasteiger partial charge in [0.15, 0.2) is 12.4 Å². The van der Waals surface area contributed by atoms with Gasteiger partial charge >= 0.3 is 0 Å². The quantitative estimate of drug-likeness (QED) is 0.517. The maximum atomic E-state index is 10.6. The minimum absolute atomic E-state index is 0.268. The highest BCUT2D eigenvalue weighted by molar-refractivity contribution is 7.86. The summed E-state index contributed by atoms with van der Waals surface area (Å²) in [5.74, 6) is -0.549. The molecule has 2 N–H and O–H groups in total. The number of aryl methyl sites for hydroxylation is 2. The monoisotopic (exact) mass is 324 g/mol. The molecular weight excluding hydrogens is 306 g/mol. The summed E-state index contributed by atoms with van der Waals surface area (Å²) in [4.78, 5) is 0. The average Bonchev–Trinajstić information content (AvgIpc) is 2.28. The van der Waals surface area contributed by atoms with Crippen molar-refractivity contribution in [3.63, 3.8) is 0 Å². The summed E-state index contributed by atoms with van der Waals surface area (Å²) in [7, 11) is -7.84. The summed E-state index contributed by atoms with van der Waals surface area (Å²) in [5, 5.41) is 0. The summed E-state index contributed by atoms with van der Waals surface area (Å²) in [6, 6.07) is 3.61. The predicted octanol–water partition coefficient (Wildman–Crippen LogP) is 0.0724. The lowest BCUT2D eigenvalue weighted by Crippen LogP contribution is -2.33. The van der Waals surface area contributed by atoms with Crippen LogP contribution in [0.4, 0.5) is 0 Å². The maximum absolute atomic E-state index is 10.6. The Morgan fingerprint density at radius 3 is 1.90 bits per heavy atom.